The van der Waals surface area contributed by atoms with E-state index in [4.69, 9.17) is 5.73 Å². The average molecular weight is 247 g/mol. The van der Waals surface area contributed by atoms with E-state index in [2.05, 4.69) is 0 Å². The highest BCUT2D eigenvalue weighted by Gasteiger charge is 2.32. The van der Waals surface area contributed by atoms with Crippen LogP contribution in [0.3, 0.4) is 0 Å². The molecule has 5 heteroatoms. The first-order valence-corrected chi connectivity index (χ1v) is 5.90. The van der Waals surface area contributed by atoms with Crippen LogP contribution in [0.5, 0.6) is 0 Å². The summed E-state index contributed by atoms with van der Waals surface area (Å²) in [6.45, 7) is 0. The Labute approximate surface area is 106 Å². The lowest BCUT2D eigenvalue weighted by Crippen LogP contribution is -2.51. The molecule has 18 heavy (non-hydrogen) atoms. The highest BCUT2D eigenvalue weighted by atomic mass is 16.2. The molecule has 2 amide bonds. The van der Waals surface area contributed by atoms with Crippen LogP contribution in [0.25, 0.3) is 0 Å². The third-order valence-corrected chi connectivity index (χ3v) is 3.08. The first-order chi connectivity index (χ1) is 8.50. The zero-order chi connectivity index (χ0) is 13.3. The second-order valence-electron chi connectivity index (χ2n) is 4.62. The van der Waals surface area contributed by atoms with E-state index < -0.39 is 6.04 Å². The fourth-order valence-corrected chi connectivity index (χ4v) is 1.97. The second kappa shape index (κ2) is 4.78. The lowest BCUT2D eigenvalue weighted by atomic mass is 10.0. The van der Waals surface area contributed by atoms with E-state index in [1.807, 2.05) is 31.1 Å². The van der Waals surface area contributed by atoms with Gasteiger partial charge in [-0.15, -0.1) is 0 Å². The summed E-state index contributed by atoms with van der Waals surface area (Å²) >= 11 is 0. The van der Waals surface area contributed by atoms with Crippen LogP contribution in [0.4, 0.5) is 11.4 Å². The number of nitrogens with zero attached hydrogens (tertiary/aromatic N) is 2. The van der Waals surface area contributed by atoms with Crippen molar-refractivity contribution in [3.8, 4) is 0 Å². The van der Waals surface area contributed by atoms with Gasteiger partial charge in [-0.25, -0.2) is 4.90 Å². The Morgan fingerprint density at radius 1 is 1.22 bits per heavy atom. The minimum Gasteiger partial charge on any atom is -0.378 e. The van der Waals surface area contributed by atoms with Gasteiger partial charge in [0.15, 0.2) is 0 Å². The minimum absolute atomic E-state index is 0.181. The van der Waals surface area contributed by atoms with Crippen molar-refractivity contribution < 1.29 is 9.59 Å². The first kappa shape index (κ1) is 12.6. The van der Waals surface area contributed by atoms with E-state index in [1.165, 1.54) is 4.90 Å². The number of imide groups is 1. The number of amides is 2. The molecule has 1 aliphatic rings. The number of carbonyl (C=O) groups excluding carboxylic acids is 2. The molecular formula is C13H17N3O2. The summed E-state index contributed by atoms with van der Waals surface area (Å²) in [5.74, 6) is -0.497. The number of benzene rings is 1. The third kappa shape index (κ3) is 2.22. The fourth-order valence-electron chi connectivity index (χ4n) is 1.97. The molecular weight excluding hydrogens is 230 g/mol. The summed E-state index contributed by atoms with van der Waals surface area (Å²) in [5.41, 5.74) is 7.30. The van der Waals surface area contributed by atoms with E-state index in [-0.39, 0.29) is 11.8 Å². The molecule has 5 nitrogen and oxygen atoms in total. The molecule has 2 rings (SSSR count). The Bertz CT molecular complexity index is 468. The van der Waals surface area contributed by atoms with Gasteiger partial charge in [0.05, 0.1) is 11.7 Å². The maximum absolute atomic E-state index is 11.9. The lowest BCUT2D eigenvalue weighted by molar-refractivity contribution is -0.130. The lowest BCUT2D eigenvalue weighted by Gasteiger charge is -2.28. The number of hydrogen-bond acceptors (Lipinski definition) is 4. The van der Waals surface area contributed by atoms with Crippen LogP contribution in [0, 0.1) is 0 Å². The molecule has 1 aromatic carbocycles. The van der Waals surface area contributed by atoms with Crippen molar-refractivity contribution in [1.29, 1.82) is 0 Å². The second-order valence-corrected chi connectivity index (χ2v) is 4.62. The molecule has 0 spiro atoms. The van der Waals surface area contributed by atoms with Crippen molar-refractivity contribution in [2.75, 3.05) is 23.9 Å². The molecule has 2 N–H and O–H groups in total. The van der Waals surface area contributed by atoms with Gasteiger partial charge in [-0.3, -0.25) is 9.59 Å². The van der Waals surface area contributed by atoms with Crippen LogP contribution in [-0.4, -0.2) is 32.0 Å². The Morgan fingerprint density at radius 2 is 1.83 bits per heavy atom. The highest BCUT2D eigenvalue weighted by molar-refractivity contribution is 6.18. The maximum Gasteiger partial charge on any atom is 0.250 e. The largest absolute Gasteiger partial charge is 0.378 e. The molecule has 1 heterocycles. The SMILES string of the molecule is CN(C)c1ccc(N2C(=O)CC[C@H](N)C2=O)cc1. The standard InChI is InChI=1S/C13H17N3O2/c1-15(2)9-3-5-10(6-4-9)16-12(17)8-7-11(14)13(16)18/h3-6,11H,7-8,14H2,1-2H3/t11-/m0/s1. The van der Waals surface area contributed by atoms with Gasteiger partial charge < -0.3 is 10.6 Å². The number of rotatable bonds is 2. The van der Waals surface area contributed by atoms with Gasteiger partial charge in [0.1, 0.15) is 0 Å². The predicted octanol–water partition coefficient (Wildman–Crippen LogP) is 0.733. The Morgan fingerprint density at radius 3 is 2.39 bits per heavy atom. The number of hydrogen-bond donors (Lipinski definition) is 1. The van der Waals surface area contributed by atoms with Gasteiger partial charge >= 0.3 is 0 Å². The summed E-state index contributed by atoms with van der Waals surface area (Å²) < 4.78 is 0. The van der Waals surface area contributed by atoms with E-state index in [0.717, 1.165) is 5.69 Å². The van der Waals surface area contributed by atoms with E-state index in [9.17, 15) is 9.59 Å². The summed E-state index contributed by atoms with van der Waals surface area (Å²) in [7, 11) is 3.87. The molecule has 0 unspecified atom stereocenters. The van der Waals surface area contributed by atoms with Gasteiger partial charge in [-0.1, -0.05) is 0 Å². The normalized spacial score (nSPS) is 20.2. The molecule has 1 atom stereocenters. The molecule has 1 aromatic rings. The molecule has 0 bridgehead atoms. The predicted molar refractivity (Wildman–Crippen MR) is 70.5 cm³/mol. The molecule has 0 radical (unpaired) electrons. The van der Waals surface area contributed by atoms with Crippen molar-refractivity contribution in [3.05, 3.63) is 24.3 Å². The molecule has 0 saturated carbocycles. The first-order valence-electron chi connectivity index (χ1n) is 5.90. The quantitative estimate of drug-likeness (QED) is 0.782. The van der Waals surface area contributed by atoms with Crippen molar-refractivity contribution in [3.63, 3.8) is 0 Å². The van der Waals surface area contributed by atoms with Crippen molar-refractivity contribution >= 4 is 23.2 Å². The van der Waals surface area contributed by atoms with Crippen LogP contribution in [0.15, 0.2) is 24.3 Å². The van der Waals surface area contributed by atoms with Crippen LogP contribution in [-0.2, 0) is 9.59 Å². The Balaban J connectivity index is 2.29. The molecule has 1 aliphatic heterocycles. The number of piperidine rings is 1. The van der Waals surface area contributed by atoms with E-state index in [0.29, 0.717) is 18.5 Å². The maximum atomic E-state index is 11.9. The van der Waals surface area contributed by atoms with Gasteiger partial charge in [-0.2, -0.15) is 0 Å². The van der Waals surface area contributed by atoms with Crippen LogP contribution >= 0.6 is 0 Å². The van der Waals surface area contributed by atoms with Crippen molar-refractivity contribution in [1.82, 2.24) is 0 Å². The Hall–Kier alpha value is -1.88. The van der Waals surface area contributed by atoms with Gasteiger partial charge in [-0.05, 0) is 30.7 Å². The molecule has 1 saturated heterocycles. The zero-order valence-electron chi connectivity index (χ0n) is 10.6. The van der Waals surface area contributed by atoms with Crippen LogP contribution < -0.4 is 15.5 Å². The molecule has 1 fully saturated rings. The molecule has 96 valence electrons. The van der Waals surface area contributed by atoms with Crippen LogP contribution in [0.1, 0.15) is 12.8 Å². The minimum atomic E-state index is -0.573. The zero-order valence-corrected chi connectivity index (χ0v) is 10.6. The smallest absolute Gasteiger partial charge is 0.250 e. The summed E-state index contributed by atoms with van der Waals surface area (Å²) in [6.07, 6.45) is 0.756. The topological polar surface area (TPSA) is 66.6 Å². The summed E-state index contributed by atoms with van der Waals surface area (Å²) in [4.78, 5) is 26.9. The van der Waals surface area contributed by atoms with Crippen molar-refractivity contribution in [2.24, 2.45) is 5.73 Å². The number of anilines is 2. The average Bonchev–Trinajstić information content (AvgIpc) is 2.35. The van der Waals surface area contributed by atoms with E-state index >= 15 is 0 Å². The monoisotopic (exact) mass is 247 g/mol. The Kier molecular flexibility index (Phi) is 3.34. The van der Waals surface area contributed by atoms with E-state index in [1.54, 1.807) is 12.1 Å². The van der Waals surface area contributed by atoms with Crippen LogP contribution in [0.2, 0.25) is 0 Å². The molecule has 0 aromatic heterocycles. The van der Waals surface area contributed by atoms with Gasteiger partial charge in [0.25, 0.3) is 5.91 Å². The number of carbonyl (C=O) groups is 2. The highest BCUT2D eigenvalue weighted by Crippen LogP contribution is 2.24. The van der Waals surface area contributed by atoms with Gasteiger partial charge in [0, 0.05) is 26.2 Å². The third-order valence-electron chi connectivity index (χ3n) is 3.08. The molecule has 0 aliphatic carbocycles. The van der Waals surface area contributed by atoms with Gasteiger partial charge in [0.2, 0.25) is 5.91 Å². The summed E-state index contributed by atoms with van der Waals surface area (Å²) in [5, 5.41) is 0. The summed E-state index contributed by atoms with van der Waals surface area (Å²) in [6, 6.07) is 6.70. The fraction of sp³-hybridized carbons (Fsp3) is 0.385. The van der Waals surface area contributed by atoms with Crippen molar-refractivity contribution in [2.45, 2.75) is 18.9 Å². The number of nitrogens with two attached hydrogens (primary N) is 1.